The Morgan fingerprint density at radius 1 is 1.03 bits per heavy atom. The first-order valence-electron chi connectivity index (χ1n) is 10.7. The van der Waals surface area contributed by atoms with Gasteiger partial charge in [-0.25, -0.2) is 8.60 Å². The van der Waals surface area contributed by atoms with Crippen LogP contribution in [0.15, 0.2) is 51.8 Å². The van der Waals surface area contributed by atoms with Gasteiger partial charge in [-0.1, -0.05) is 12.1 Å². The molecule has 3 aromatic rings. The summed E-state index contributed by atoms with van der Waals surface area (Å²) in [6.07, 6.45) is 1.05. The van der Waals surface area contributed by atoms with Crippen LogP contribution in [0.25, 0.3) is 11.0 Å². The fraction of sp³-hybridized carbons (Fsp3) is 0.304. The smallest absolute Gasteiger partial charge is 0.298 e. The molecule has 0 radical (unpaired) electrons. The number of fused-ring (bicyclic) bond motifs is 1. The van der Waals surface area contributed by atoms with Crippen LogP contribution in [-0.2, 0) is 15.7 Å². The summed E-state index contributed by atoms with van der Waals surface area (Å²) >= 11 is 0. The Labute approximate surface area is 191 Å². The molecule has 10 heteroatoms. The third-order valence-electron chi connectivity index (χ3n) is 5.82. The van der Waals surface area contributed by atoms with Gasteiger partial charge in [0.2, 0.25) is 0 Å². The van der Waals surface area contributed by atoms with Crippen molar-refractivity contribution >= 4 is 39.5 Å². The summed E-state index contributed by atoms with van der Waals surface area (Å²) in [7, 11) is -2.02. The minimum Gasteiger partial charge on any atom is -0.451 e. The maximum Gasteiger partial charge on any atom is 0.298 e. The number of hydrogen-bond donors (Lipinski definition) is 1. The zero-order chi connectivity index (χ0) is 22.9. The first kappa shape index (κ1) is 21.6. The molecule has 8 nitrogen and oxygen atoms in total. The van der Waals surface area contributed by atoms with E-state index in [2.05, 4.69) is 4.72 Å². The molecule has 2 aromatic carbocycles. The number of anilines is 1. The van der Waals surface area contributed by atoms with E-state index in [1.54, 1.807) is 29.2 Å². The predicted octanol–water partition coefficient (Wildman–Crippen LogP) is 2.71. The molecule has 33 heavy (non-hydrogen) atoms. The molecule has 1 aromatic heterocycles. The zero-order valence-corrected chi connectivity index (χ0v) is 18.5. The number of rotatable bonds is 5. The molecule has 1 N–H and O–H groups in total. The monoisotopic (exact) mass is 471 g/mol. The van der Waals surface area contributed by atoms with Crippen molar-refractivity contribution in [3.8, 4) is 0 Å². The van der Waals surface area contributed by atoms with Crippen LogP contribution in [-0.4, -0.2) is 60.3 Å². The van der Waals surface area contributed by atoms with Gasteiger partial charge in [0.15, 0.2) is 16.7 Å². The fourth-order valence-corrected chi connectivity index (χ4v) is 4.82. The molecule has 1 unspecified atom stereocenters. The standard InChI is InChI=1S/C23H22FN3O5S/c24-18-12-15(26-6-3-7-26)13-19-17(18)14-20(32-19)22(28)25-33(30)21-5-2-1-4-16(21)23(29)27-8-10-31-11-9-27/h1-2,4-5,12-14H,3,6-11H2,(H,25,28). The van der Waals surface area contributed by atoms with Gasteiger partial charge in [0.1, 0.15) is 11.4 Å². The van der Waals surface area contributed by atoms with Crippen molar-refractivity contribution in [2.75, 3.05) is 44.3 Å². The Hall–Kier alpha value is -3.24. The molecule has 0 aliphatic carbocycles. The number of halogens is 1. The van der Waals surface area contributed by atoms with Gasteiger partial charge < -0.3 is 19.0 Å². The number of hydrogen-bond acceptors (Lipinski definition) is 6. The Bertz CT molecular complexity index is 1250. The summed E-state index contributed by atoms with van der Waals surface area (Å²) in [5.41, 5.74) is 1.19. The van der Waals surface area contributed by atoms with Gasteiger partial charge in [0, 0.05) is 44.0 Å². The highest BCUT2D eigenvalue weighted by Crippen LogP contribution is 2.30. The number of benzene rings is 2. The molecule has 2 aliphatic rings. The third kappa shape index (κ3) is 4.23. The van der Waals surface area contributed by atoms with Gasteiger partial charge in [0.25, 0.3) is 11.8 Å². The van der Waals surface area contributed by atoms with Gasteiger partial charge >= 0.3 is 0 Å². The van der Waals surface area contributed by atoms with Crippen molar-refractivity contribution in [3.05, 3.63) is 59.6 Å². The highest BCUT2D eigenvalue weighted by molar-refractivity contribution is 7.83. The number of carbonyl (C=O) groups excluding carboxylic acids is 2. The van der Waals surface area contributed by atoms with E-state index in [9.17, 15) is 18.2 Å². The molecule has 172 valence electrons. The Kier molecular flexibility index (Phi) is 5.86. The number of carbonyl (C=O) groups is 2. The Balaban J connectivity index is 1.36. The van der Waals surface area contributed by atoms with E-state index in [0.717, 1.165) is 19.5 Å². The van der Waals surface area contributed by atoms with E-state index >= 15 is 0 Å². The van der Waals surface area contributed by atoms with E-state index in [-0.39, 0.29) is 33.1 Å². The molecule has 0 bridgehead atoms. The highest BCUT2D eigenvalue weighted by atomic mass is 32.2. The van der Waals surface area contributed by atoms with Crippen LogP contribution >= 0.6 is 0 Å². The molecule has 2 fully saturated rings. The van der Waals surface area contributed by atoms with Crippen molar-refractivity contribution in [2.45, 2.75) is 11.3 Å². The lowest BCUT2D eigenvalue weighted by atomic mass is 10.1. The number of nitrogens with zero attached hydrogens (tertiary/aromatic N) is 2. The predicted molar refractivity (Wildman–Crippen MR) is 120 cm³/mol. The van der Waals surface area contributed by atoms with Crippen LogP contribution in [0.1, 0.15) is 27.3 Å². The van der Waals surface area contributed by atoms with Crippen LogP contribution in [0, 0.1) is 5.82 Å². The maximum absolute atomic E-state index is 14.6. The lowest BCUT2D eigenvalue weighted by Gasteiger charge is -2.33. The molecule has 1 atom stereocenters. The number of morpholine rings is 1. The summed E-state index contributed by atoms with van der Waals surface area (Å²) in [6, 6.07) is 10.8. The Morgan fingerprint density at radius 3 is 2.52 bits per heavy atom. The minimum atomic E-state index is -2.02. The lowest BCUT2D eigenvalue weighted by Crippen LogP contribution is -2.41. The van der Waals surface area contributed by atoms with Gasteiger partial charge in [-0.2, -0.15) is 0 Å². The van der Waals surface area contributed by atoms with Gasteiger partial charge in [0.05, 0.1) is 29.1 Å². The van der Waals surface area contributed by atoms with Gasteiger partial charge in [-0.3, -0.25) is 14.3 Å². The Morgan fingerprint density at radius 2 is 1.79 bits per heavy atom. The highest BCUT2D eigenvalue weighted by Gasteiger charge is 2.25. The summed E-state index contributed by atoms with van der Waals surface area (Å²) in [5.74, 6) is -1.68. The van der Waals surface area contributed by atoms with Crippen molar-refractivity contribution < 1.29 is 27.3 Å². The first-order valence-corrected chi connectivity index (χ1v) is 11.8. The fourth-order valence-electron chi connectivity index (χ4n) is 3.88. The second-order valence-corrected chi connectivity index (χ2v) is 9.07. The average molecular weight is 472 g/mol. The molecule has 3 heterocycles. The van der Waals surface area contributed by atoms with Crippen LogP contribution in [0.2, 0.25) is 0 Å². The maximum atomic E-state index is 14.6. The van der Waals surface area contributed by atoms with Crippen LogP contribution in [0.4, 0.5) is 10.1 Å². The minimum absolute atomic E-state index is 0.157. The summed E-state index contributed by atoms with van der Waals surface area (Å²) in [5, 5.41) is 0.179. The zero-order valence-electron chi connectivity index (χ0n) is 17.7. The van der Waals surface area contributed by atoms with E-state index < -0.39 is 22.7 Å². The molecule has 2 amide bonds. The first-order chi connectivity index (χ1) is 16.0. The summed E-state index contributed by atoms with van der Waals surface area (Å²) in [6.45, 7) is 3.46. The second-order valence-electron chi connectivity index (χ2n) is 7.89. The summed E-state index contributed by atoms with van der Waals surface area (Å²) in [4.78, 5) is 29.5. The average Bonchev–Trinajstić information content (AvgIpc) is 3.23. The van der Waals surface area contributed by atoms with Gasteiger partial charge in [-0.15, -0.1) is 0 Å². The number of furan rings is 1. The molecular weight excluding hydrogens is 449 g/mol. The van der Waals surface area contributed by atoms with E-state index in [1.165, 1.54) is 18.2 Å². The molecule has 5 rings (SSSR count). The third-order valence-corrected chi connectivity index (χ3v) is 6.94. The quantitative estimate of drug-likeness (QED) is 0.615. The number of ether oxygens (including phenoxy) is 1. The molecule has 0 spiro atoms. The van der Waals surface area contributed by atoms with Crippen molar-refractivity contribution in [1.29, 1.82) is 0 Å². The normalized spacial score (nSPS) is 17.0. The lowest BCUT2D eigenvalue weighted by molar-refractivity contribution is 0.0300. The van der Waals surface area contributed by atoms with E-state index in [1.807, 2.05) is 4.90 Å². The van der Waals surface area contributed by atoms with Crippen molar-refractivity contribution in [3.63, 3.8) is 0 Å². The number of amides is 2. The van der Waals surface area contributed by atoms with Crippen LogP contribution in [0.3, 0.4) is 0 Å². The van der Waals surface area contributed by atoms with E-state index in [4.69, 9.17) is 9.15 Å². The largest absolute Gasteiger partial charge is 0.451 e. The molecule has 2 aliphatic heterocycles. The second kappa shape index (κ2) is 8.95. The SMILES string of the molecule is O=C(NS(=O)c1ccccc1C(=O)N1CCOCC1)c1cc2c(F)cc(N3CCC3)cc2o1. The van der Waals surface area contributed by atoms with Gasteiger partial charge in [-0.05, 0) is 24.6 Å². The topological polar surface area (TPSA) is 92.1 Å². The molecule has 2 saturated heterocycles. The van der Waals surface area contributed by atoms with Crippen molar-refractivity contribution in [2.24, 2.45) is 0 Å². The van der Waals surface area contributed by atoms with Crippen LogP contribution < -0.4 is 9.62 Å². The molecular formula is C23H22FN3O5S. The number of nitrogens with one attached hydrogen (secondary N) is 1. The van der Waals surface area contributed by atoms with Crippen LogP contribution in [0.5, 0.6) is 0 Å². The van der Waals surface area contributed by atoms with Crippen molar-refractivity contribution in [1.82, 2.24) is 9.62 Å². The summed E-state index contributed by atoms with van der Waals surface area (Å²) < 4.78 is 40.7. The van der Waals surface area contributed by atoms with E-state index in [0.29, 0.717) is 32.0 Å². The molecule has 0 saturated carbocycles.